The molecule has 0 aromatic heterocycles. The summed E-state index contributed by atoms with van der Waals surface area (Å²) in [4.78, 5) is 0. The predicted molar refractivity (Wildman–Crippen MR) is 81.8 cm³/mol. The monoisotopic (exact) mass is 344 g/mol. The molecule has 0 amide bonds. The van der Waals surface area contributed by atoms with E-state index in [0.29, 0.717) is 0 Å². The maximum atomic E-state index is 9.87. The number of aliphatic hydroxyl groups is 5. The van der Waals surface area contributed by atoms with Gasteiger partial charge in [0.15, 0.2) is 6.29 Å². The van der Waals surface area contributed by atoms with Gasteiger partial charge in [0.1, 0.15) is 30.5 Å². The van der Waals surface area contributed by atoms with Crippen LogP contribution in [0.15, 0.2) is 30.3 Å². The normalized spacial score (nSPS) is 31.8. The van der Waals surface area contributed by atoms with Crippen LogP contribution in [0.1, 0.15) is 5.56 Å². The first-order valence-corrected chi connectivity index (χ1v) is 7.75. The largest absolute Gasteiger partial charge is 0.394 e. The zero-order chi connectivity index (χ0) is 17.5. The van der Waals surface area contributed by atoms with Crippen LogP contribution < -0.4 is 0 Å². The Kier molecular flexibility index (Phi) is 7.53. The molecule has 8 heteroatoms. The maximum absolute atomic E-state index is 9.87. The molecule has 1 aliphatic heterocycles. The minimum Gasteiger partial charge on any atom is -0.394 e. The van der Waals surface area contributed by atoms with Crippen molar-refractivity contribution in [1.29, 1.82) is 0 Å². The van der Waals surface area contributed by atoms with Crippen molar-refractivity contribution in [1.82, 2.24) is 0 Å². The molecule has 8 nitrogen and oxygen atoms in total. The van der Waals surface area contributed by atoms with Gasteiger partial charge in [-0.15, -0.1) is 0 Å². The van der Waals surface area contributed by atoms with Gasteiger partial charge in [-0.2, -0.15) is 0 Å². The Bertz CT molecular complexity index is 468. The van der Waals surface area contributed by atoms with Gasteiger partial charge in [0.05, 0.1) is 26.4 Å². The summed E-state index contributed by atoms with van der Waals surface area (Å²) in [6, 6.07) is 9.39. The summed E-state index contributed by atoms with van der Waals surface area (Å²) in [5.41, 5.74) is 0.934. The minimum atomic E-state index is -1.50. The van der Waals surface area contributed by atoms with E-state index < -0.39 is 43.4 Å². The van der Waals surface area contributed by atoms with E-state index in [1.54, 1.807) is 0 Å². The highest BCUT2D eigenvalue weighted by atomic mass is 16.7. The number of hydrogen-bond acceptors (Lipinski definition) is 8. The fraction of sp³-hybridized carbons (Fsp3) is 0.625. The summed E-state index contributed by atoms with van der Waals surface area (Å²) in [5, 5.41) is 47.7. The lowest BCUT2D eigenvalue weighted by molar-refractivity contribution is -0.306. The van der Waals surface area contributed by atoms with Crippen molar-refractivity contribution in [3.63, 3.8) is 0 Å². The topological polar surface area (TPSA) is 129 Å². The Morgan fingerprint density at radius 2 is 1.71 bits per heavy atom. The smallest absolute Gasteiger partial charge is 0.186 e. The zero-order valence-electron chi connectivity index (χ0n) is 13.1. The van der Waals surface area contributed by atoms with Crippen LogP contribution in [0.4, 0.5) is 0 Å². The average Bonchev–Trinajstić information content (AvgIpc) is 2.62. The van der Waals surface area contributed by atoms with Crippen molar-refractivity contribution in [3.05, 3.63) is 35.9 Å². The lowest BCUT2D eigenvalue weighted by Crippen LogP contribution is -2.59. The molecule has 6 atom stereocenters. The van der Waals surface area contributed by atoms with E-state index in [0.717, 1.165) is 5.56 Å². The fourth-order valence-corrected chi connectivity index (χ4v) is 2.35. The predicted octanol–water partition coefficient (Wildman–Crippen LogP) is -1.62. The van der Waals surface area contributed by atoms with Crippen LogP contribution in [0.3, 0.4) is 0 Å². The molecule has 0 radical (unpaired) electrons. The second-order valence-corrected chi connectivity index (χ2v) is 5.63. The first-order chi connectivity index (χ1) is 11.6. The van der Waals surface area contributed by atoms with E-state index in [-0.39, 0.29) is 19.8 Å². The number of rotatable bonds is 8. The van der Waals surface area contributed by atoms with Crippen LogP contribution in [0.25, 0.3) is 0 Å². The van der Waals surface area contributed by atoms with Gasteiger partial charge in [0.25, 0.3) is 0 Å². The molecule has 136 valence electrons. The average molecular weight is 344 g/mol. The van der Waals surface area contributed by atoms with Crippen LogP contribution in [0, 0.1) is 0 Å². The molecule has 0 spiro atoms. The summed E-state index contributed by atoms with van der Waals surface area (Å²) in [6.07, 6.45) is -7.35. The van der Waals surface area contributed by atoms with Gasteiger partial charge in [0.2, 0.25) is 0 Å². The molecule has 1 aliphatic rings. The van der Waals surface area contributed by atoms with Gasteiger partial charge in [-0.25, -0.2) is 0 Å². The van der Waals surface area contributed by atoms with Gasteiger partial charge in [-0.1, -0.05) is 30.3 Å². The highest BCUT2D eigenvalue weighted by Gasteiger charge is 2.44. The first kappa shape index (κ1) is 19.2. The Morgan fingerprint density at radius 1 is 1.00 bits per heavy atom. The molecule has 0 aliphatic carbocycles. The highest BCUT2D eigenvalue weighted by Crippen LogP contribution is 2.22. The van der Waals surface area contributed by atoms with Gasteiger partial charge >= 0.3 is 0 Å². The number of aliphatic hydroxyl groups excluding tert-OH is 5. The van der Waals surface area contributed by atoms with Crippen molar-refractivity contribution in [3.8, 4) is 0 Å². The molecule has 1 fully saturated rings. The van der Waals surface area contributed by atoms with E-state index in [1.807, 2.05) is 30.3 Å². The molecule has 0 saturated carbocycles. The summed E-state index contributed by atoms with van der Waals surface area (Å²) in [5.74, 6) is 0. The maximum Gasteiger partial charge on any atom is 0.186 e. The number of hydrogen-bond donors (Lipinski definition) is 5. The fourth-order valence-electron chi connectivity index (χ4n) is 2.35. The summed E-state index contributed by atoms with van der Waals surface area (Å²) >= 11 is 0. The third-order valence-electron chi connectivity index (χ3n) is 3.83. The zero-order valence-corrected chi connectivity index (χ0v) is 13.1. The third-order valence-corrected chi connectivity index (χ3v) is 3.83. The second-order valence-electron chi connectivity index (χ2n) is 5.63. The molecule has 1 saturated heterocycles. The van der Waals surface area contributed by atoms with Crippen LogP contribution in [0.5, 0.6) is 0 Å². The van der Waals surface area contributed by atoms with Crippen molar-refractivity contribution in [2.24, 2.45) is 0 Å². The Morgan fingerprint density at radius 3 is 2.33 bits per heavy atom. The first-order valence-electron chi connectivity index (χ1n) is 7.75. The molecular weight excluding hydrogens is 320 g/mol. The number of ether oxygens (including phenoxy) is 3. The van der Waals surface area contributed by atoms with Gasteiger partial charge in [-0.05, 0) is 5.56 Å². The van der Waals surface area contributed by atoms with E-state index >= 15 is 0 Å². The molecule has 1 aromatic carbocycles. The van der Waals surface area contributed by atoms with Crippen LogP contribution in [-0.2, 0) is 20.8 Å². The molecular formula is C16H24O8. The SMILES string of the molecule is OCC(CO[C@@H]1O[C@H](CO)[C@@H](O)[C@H](O)[C@H]1O)OCc1ccccc1. The third kappa shape index (κ3) is 4.95. The molecule has 1 aromatic rings. The van der Waals surface area contributed by atoms with E-state index in [9.17, 15) is 20.4 Å². The van der Waals surface area contributed by atoms with E-state index in [1.165, 1.54) is 0 Å². The van der Waals surface area contributed by atoms with Gasteiger partial charge in [0, 0.05) is 0 Å². The van der Waals surface area contributed by atoms with Gasteiger partial charge in [-0.3, -0.25) is 0 Å². The summed E-state index contributed by atoms with van der Waals surface area (Å²) in [7, 11) is 0. The molecule has 2 rings (SSSR count). The van der Waals surface area contributed by atoms with E-state index in [2.05, 4.69) is 0 Å². The molecule has 0 bridgehead atoms. The van der Waals surface area contributed by atoms with E-state index in [4.69, 9.17) is 19.3 Å². The lowest BCUT2D eigenvalue weighted by atomic mass is 9.99. The van der Waals surface area contributed by atoms with Crippen LogP contribution in [-0.4, -0.2) is 82.2 Å². The van der Waals surface area contributed by atoms with Crippen molar-refractivity contribution in [2.75, 3.05) is 19.8 Å². The van der Waals surface area contributed by atoms with Crippen molar-refractivity contribution < 1.29 is 39.7 Å². The quantitative estimate of drug-likeness (QED) is 0.381. The highest BCUT2D eigenvalue weighted by molar-refractivity contribution is 5.13. The Hall–Kier alpha value is -1.10. The van der Waals surface area contributed by atoms with Crippen molar-refractivity contribution in [2.45, 2.75) is 43.4 Å². The molecule has 5 N–H and O–H groups in total. The summed E-state index contributed by atoms with van der Waals surface area (Å²) in [6.45, 7) is -0.640. The Balaban J connectivity index is 1.83. The minimum absolute atomic E-state index is 0.0912. The summed E-state index contributed by atoms with van der Waals surface area (Å²) < 4.78 is 16.1. The number of benzene rings is 1. The standard InChI is InChI=1S/C16H24O8/c17-6-11(22-8-10-4-2-1-3-5-10)9-23-16-15(21)14(20)13(19)12(7-18)24-16/h1-5,11-21H,6-9H2/t11?,12-,13-,14+,15-,16-/m1/s1. The molecule has 1 unspecified atom stereocenters. The van der Waals surface area contributed by atoms with Gasteiger partial charge < -0.3 is 39.7 Å². The van der Waals surface area contributed by atoms with Crippen LogP contribution in [0.2, 0.25) is 0 Å². The van der Waals surface area contributed by atoms with Crippen LogP contribution >= 0.6 is 0 Å². The second kappa shape index (κ2) is 9.40. The lowest BCUT2D eigenvalue weighted by Gasteiger charge is -2.39. The molecule has 1 heterocycles. The Labute approximate surface area is 139 Å². The van der Waals surface area contributed by atoms with Crippen molar-refractivity contribution >= 4 is 0 Å². The molecule has 24 heavy (non-hydrogen) atoms.